The second kappa shape index (κ2) is 5.38. The van der Waals surface area contributed by atoms with Gasteiger partial charge in [0.25, 0.3) is 0 Å². The maximum atomic E-state index is 6.06. The van der Waals surface area contributed by atoms with Gasteiger partial charge in [-0.3, -0.25) is 5.10 Å². The first-order valence-electron chi connectivity index (χ1n) is 8.16. The van der Waals surface area contributed by atoms with Crippen LogP contribution < -0.4 is 5.73 Å². The van der Waals surface area contributed by atoms with Crippen LogP contribution >= 0.6 is 0 Å². The van der Waals surface area contributed by atoms with Gasteiger partial charge < -0.3 is 10.7 Å². The highest BCUT2D eigenvalue weighted by atomic mass is 15.1. The topological polar surface area (TPSA) is 83.4 Å². The minimum Gasteiger partial charge on any atom is -0.382 e. The molecule has 0 aliphatic rings. The molecule has 25 heavy (non-hydrogen) atoms. The number of rotatable bonds is 1. The normalized spacial score (nSPS) is 11.6. The summed E-state index contributed by atoms with van der Waals surface area (Å²) in [6.45, 7) is 6.28. The third-order valence-electron chi connectivity index (χ3n) is 4.05. The number of pyridine rings is 1. The average Bonchev–Trinajstić information content (AvgIpc) is 3.18. The van der Waals surface area contributed by atoms with Gasteiger partial charge in [-0.1, -0.05) is 11.8 Å². The molecule has 0 bridgehead atoms. The third-order valence-corrected chi connectivity index (χ3v) is 4.05. The summed E-state index contributed by atoms with van der Waals surface area (Å²) >= 11 is 0. The summed E-state index contributed by atoms with van der Waals surface area (Å²) in [4.78, 5) is 7.51. The number of aromatic nitrogens is 4. The minimum absolute atomic E-state index is 0.0849. The number of aromatic amines is 2. The Morgan fingerprint density at radius 3 is 2.76 bits per heavy atom. The Labute approximate surface area is 145 Å². The van der Waals surface area contributed by atoms with Gasteiger partial charge in [0.05, 0.1) is 11.1 Å². The SMILES string of the molecule is CC(C)(C)C#Cc1cc(-c2ccnc3[nH]ccc23)cc2c(N)n[nH]c12. The van der Waals surface area contributed by atoms with Crippen LogP contribution in [0.5, 0.6) is 0 Å². The highest BCUT2D eigenvalue weighted by Gasteiger charge is 2.13. The zero-order valence-electron chi connectivity index (χ0n) is 14.4. The Kier molecular flexibility index (Phi) is 3.29. The Morgan fingerprint density at radius 2 is 1.96 bits per heavy atom. The molecule has 124 valence electrons. The summed E-state index contributed by atoms with van der Waals surface area (Å²) in [6.07, 6.45) is 3.70. The van der Waals surface area contributed by atoms with E-state index in [1.807, 2.05) is 18.3 Å². The van der Waals surface area contributed by atoms with Crippen molar-refractivity contribution in [2.24, 2.45) is 5.41 Å². The number of nitrogens with two attached hydrogens (primary N) is 1. The Balaban J connectivity index is 2.00. The summed E-state index contributed by atoms with van der Waals surface area (Å²) in [5.74, 6) is 7.07. The number of fused-ring (bicyclic) bond motifs is 2. The van der Waals surface area contributed by atoms with Crippen LogP contribution in [0.4, 0.5) is 5.82 Å². The van der Waals surface area contributed by atoms with E-state index in [0.29, 0.717) is 5.82 Å². The molecule has 0 fully saturated rings. The van der Waals surface area contributed by atoms with Crippen LogP contribution in [0.3, 0.4) is 0 Å². The number of nitrogens with one attached hydrogen (secondary N) is 2. The summed E-state index contributed by atoms with van der Waals surface area (Å²) in [5, 5.41) is 9.12. The van der Waals surface area contributed by atoms with E-state index in [1.165, 1.54) is 0 Å². The molecule has 0 saturated heterocycles. The van der Waals surface area contributed by atoms with Crippen molar-refractivity contribution in [3.8, 4) is 23.0 Å². The van der Waals surface area contributed by atoms with Crippen LogP contribution in [0.2, 0.25) is 0 Å². The predicted octanol–water partition coefficient (Wildman–Crippen LogP) is 4.09. The van der Waals surface area contributed by atoms with Crippen LogP contribution in [0.25, 0.3) is 33.1 Å². The fourth-order valence-electron chi connectivity index (χ4n) is 2.86. The van der Waals surface area contributed by atoms with Crippen LogP contribution in [-0.2, 0) is 0 Å². The maximum Gasteiger partial charge on any atom is 0.153 e. The van der Waals surface area contributed by atoms with Gasteiger partial charge >= 0.3 is 0 Å². The second-order valence-electron chi connectivity index (χ2n) is 7.15. The van der Waals surface area contributed by atoms with Gasteiger partial charge in [0.15, 0.2) is 5.82 Å². The number of nitrogen functional groups attached to an aromatic ring is 1. The van der Waals surface area contributed by atoms with E-state index in [0.717, 1.165) is 38.6 Å². The monoisotopic (exact) mass is 329 g/mol. The largest absolute Gasteiger partial charge is 0.382 e. The molecule has 3 aromatic heterocycles. The molecule has 4 aromatic rings. The molecule has 1 aromatic carbocycles. The molecule has 0 amide bonds. The number of nitrogens with zero attached hydrogens (tertiary/aromatic N) is 2. The highest BCUT2D eigenvalue weighted by Crippen LogP contribution is 2.32. The lowest BCUT2D eigenvalue weighted by Gasteiger charge is -2.08. The molecule has 0 radical (unpaired) electrons. The van der Waals surface area contributed by atoms with Gasteiger partial charge in [-0.15, -0.1) is 0 Å². The number of H-pyrrole nitrogens is 2. The van der Waals surface area contributed by atoms with E-state index in [1.54, 1.807) is 6.20 Å². The van der Waals surface area contributed by atoms with Gasteiger partial charge in [0.1, 0.15) is 5.65 Å². The molecule has 0 aliphatic heterocycles. The molecule has 5 heteroatoms. The summed E-state index contributed by atoms with van der Waals surface area (Å²) in [6, 6.07) is 8.17. The van der Waals surface area contributed by atoms with Gasteiger partial charge in [0.2, 0.25) is 0 Å². The van der Waals surface area contributed by atoms with E-state index in [2.05, 4.69) is 64.9 Å². The van der Waals surface area contributed by atoms with Gasteiger partial charge in [-0.2, -0.15) is 5.10 Å². The minimum atomic E-state index is -0.0849. The average molecular weight is 329 g/mol. The van der Waals surface area contributed by atoms with Crippen molar-refractivity contribution in [3.05, 3.63) is 42.2 Å². The van der Waals surface area contributed by atoms with Gasteiger partial charge in [-0.05, 0) is 56.2 Å². The Morgan fingerprint density at radius 1 is 1.12 bits per heavy atom. The highest BCUT2D eigenvalue weighted by molar-refractivity contribution is 6.00. The lowest BCUT2D eigenvalue weighted by Crippen LogP contribution is -1.99. The first-order chi connectivity index (χ1) is 11.9. The quantitative estimate of drug-likeness (QED) is 0.460. The number of anilines is 1. The fraction of sp³-hybridized carbons (Fsp3) is 0.200. The standard InChI is InChI=1S/C20H19N5/c1-20(2,3)7-4-12-10-13(11-16-17(12)24-25-18(16)21)14-5-8-22-19-15(14)6-9-23-19/h5-6,8-11H,1-3H3,(H,22,23)(H3,21,24,25). The lowest BCUT2D eigenvalue weighted by molar-refractivity contribution is 0.571. The molecular formula is C20H19N5. The predicted molar refractivity (Wildman–Crippen MR) is 102 cm³/mol. The first-order valence-corrected chi connectivity index (χ1v) is 8.16. The van der Waals surface area contributed by atoms with Crippen molar-refractivity contribution in [2.75, 3.05) is 5.73 Å². The molecule has 5 nitrogen and oxygen atoms in total. The summed E-state index contributed by atoms with van der Waals surface area (Å²) < 4.78 is 0. The Hall–Kier alpha value is -3.26. The second-order valence-corrected chi connectivity index (χ2v) is 7.15. The smallest absolute Gasteiger partial charge is 0.153 e. The first kappa shape index (κ1) is 15.3. The van der Waals surface area contributed by atoms with E-state index in [-0.39, 0.29) is 5.41 Å². The molecule has 4 N–H and O–H groups in total. The van der Waals surface area contributed by atoms with E-state index >= 15 is 0 Å². The van der Waals surface area contributed by atoms with Gasteiger partial charge in [-0.25, -0.2) is 4.98 Å². The summed E-state index contributed by atoms with van der Waals surface area (Å²) in [7, 11) is 0. The Bertz CT molecular complexity index is 1150. The van der Waals surface area contributed by atoms with Crippen molar-refractivity contribution in [1.82, 2.24) is 20.2 Å². The van der Waals surface area contributed by atoms with Crippen LogP contribution in [0, 0.1) is 17.3 Å². The van der Waals surface area contributed by atoms with Crippen molar-refractivity contribution >= 4 is 27.8 Å². The molecule has 4 rings (SSSR count). The fourth-order valence-corrected chi connectivity index (χ4v) is 2.86. The number of hydrogen-bond acceptors (Lipinski definition) is 3. The van der Waals surface area contributed by atoms with E-state index in [4.69, 9.17) is 5.73 Å². The molecule has 0 spiro atoms. The number of hydrogen-bond donors (Lipinski definition) is 3. The van der Waals surface area contributed by atoms with Crippen molar-refractivity contribution in [1.29, 1.82) is 0 Å². The zero-order chi connectivity index (χ0) is 17.6. The molecule has 3 heterocycles. The lowest BCUT2D eigenvalue weighted by atomic mass is 9.95. The van der Waals surface area contributed by atoms with Crippen molar-refractivity contribution in [2.45, 2.75) is 20.8 Å². The van der Waals surface area contributed by atoms with Crippen LogP contribution in [0.1, 0.15) is 26.3 Å². The summed E-state index contributed by atoms with van der Waals surface area (Å²) in [5.41, 5.74) is 10.7. The molecule has 0 saturated carbocycles. The van der Waals surface area contributed by atoms with Crippen molar-refractivity contribution in [3.63, 3.8) is 0 Å². The van der Waals surface area contributed by atoms with Crippen molar-refractivity contribution < 1.29 is 0 Å². The zero-order valence-corrected chi connectivity index (χ0v) is 14.4. The van der Waals surface area contributed by atoms with Crippen LogP contribution in [0.15, 0.2) is 36.7 Å². The molecule has 0 aliphatic carbocycles. The van der Waals surface area contributed by atoms with E-state index < -0.39 is 0 Å². The number of benzene rings is 1. The molecule has 0 atom stereocenters. The maximum absolute atomic E-state index is 6.06. The van der Waals surface area contributed by atoms with E-state index in [9.17, 15) is 0 Å². The third kappa shape index (κ3) is 2.72. The molecular weight excluding hydrogens is 310 g/mol. The van der Waals surface area contributed by atoms with Crippen LogP contribution in [-0.4, -0.2) is 20.2 Å². The molecule has 0 unspecified atom stereocenters. The van der Waals surface area contributed by atoms with Gasteiger partial charge in [0, 0.05) is 28.6 Å².